The van der Waals surface area contributed by atoms with Crippen LogP contribution in [0.4, 0.5) is 0 Å². The molecule has 190 valence electrons. The molecular formula is C26H35N3O5S. The lowest BCUT2D eigenvalue weighted by atomic mass is 10.0. The lowest BCUT2D eigenvalue weighted by Gasteiger charge is -2.37. The fourth-order valence-corrected chi connectivity index (χ4v) is 5.74. The predicted molar refractivity (Wildman–Crippen MR) is 134 cm³/mol. The van der Waals surface area contributed by atoms with Crippen LogP contribution in [0.5, 0.6) is 5.75 Å². The SMILES string of the molecule is C[C@@H]1CN([C@H](C)CO)S(=O)(=O)c2ccc(C#CC(C)(C)O)cc2O[C@@H]1CN(C)Cc1ccncc1. The molecule has 0 saturated heterocycles. The molecule has 0 bridgehead atoms. The molecule has 2 aromatic rings. The summed E-state index contributed by atoms with van der Waals surface area (Å²) >= 11 is 0. The number of sulfonamides is 1. The number of fused-ring (bicyclic) bond motifs is 1. The number of aliphatic hydroxyl groups excluding tert-OH is 1. The summed E-state index contributed by atoms with van der Waals surface area (Å²) in [6.07, 6.45) is 3.19. The van der Waals surface area contributed by atoms with Gasteiger partial charge in [0, 0.05) is 49.6 Å². The van der Waals surface area contributed by atoms with Crippen LogP contribution in [0.15, 0.2) is 47.6 Å². The van der Waals surface area contributed by atoms with Gasteiger partial charge in [-0.15, -0.1) is 0 Å². The molecule has 0 unspecified atom stereocenters. The van der Waals surface area contributed by atoms with Crippen molar-refractivity contribution in [2.45, 2.75) is 56.9 Å². The minimum Gasteiger partial charge on any atom is -0.487 e. The van der Waals surface area contributed by atoms with Gasteiger partial charge in [0.2, 0.25) is 10.0 Å². The van der Waals surface area contributed by atoms with Gasteiger partial charge in [-0.3, -0.25) is 9.88 Å². The normalized spacial score (nSPS) is 21.1. The molecule has 8 nitrogen and oxygen atoms in total. The Labute approximate surface area is 208 Å². The maximum absolute atomic E-state index is 13.6. The van der Waals surface area contributed by atoms with Crippen molar-refractivity contribution in [1.29, 1.82) is 0 Å². The average Bonchev–Trinajstić information content (AvgIpc) is 2.79. The van der Waals surface area contributed by atoms with E-state index in [1.165, 1.54) is 10.4 Å². The molecule has 0 amide bonds. The summed E-state index contributed by atoms with van der Waals surface area (Å²) in [6, 6.07) is 8.04. The van der Waals surface area contributed by atoms with Gasteiger partial charge < -0.3 is 14.9 Å². The molecule has 0 radical (unpaired) electrons. The van der Waals surface area contributed by atoms with E-state index >= 15 is 0 Å². The minimum atomic E-state index is -3.92. The Balaban J connectivity index is 2.00. The van der Waals surface area contributed by atoms with Gasteiger partial charge >= 0.3 is 0 Å². The van der Waals surface area contributed by atoms with Crippen LogP contribution in [-0.2, 0) is 16.6 Å². The summed E-state index contributed by atoms with van der Waals surface area (Å²) in [6.45, 7) is 8.00. The van der Waals surface area contributed by atoms with Crippen LogP contribution in [0.25, 0.3) is 0 Å². The van der Waals surface area contributed by atoms with Gasteiger partial charge in [0.15, 0.2) is 0 Å². The van der Waals surface area contributed by atoms with Crippen molar-refractivity contribution in [2.75, 3.05) is 26.7 Å². The van der Waals surface area contributed by atoms with Gasteiger partial charge in [0.25, 0.3) is 0 Å². The monoisotopic (exact) mass is 501 g/mol. The summed E-state index contributed by atoms with van der Waals surface area (Å²) in [5.74, 6) is 5.72. The van der Waals surface area contributed by atoms with Crippen LogP contribution in [0.3, 0.4) is 0 Å². The van der Waals surface area contributed by atoms with E-state index < -0.39 is 21.7 Å². The molecule has 3 rings (SSSR count). The molecule has 0 aliphatic carbocycles. The van der Waals surface area contributed by atoms with Gasteiger partial charge in [0.05, 0.1) is 6.61 Å². The first-order chi connectivity index (χ1) is 16.4. The van der Waals surface area contributed by atoms with Crippen molar-refractivity contribution in [3.05, 3.63) is 53.9 Å². The fourth-order valence-electron chi connectivity index (χ4n) is 3.92. The molecule has 2 N–H and O–H groups in total. The first kappa shape index (κ1) is 27.1. The Hall–Kier alpha value is -2.48. The van der Waals surface area contributed by atoms with Crippen LogP contribution in [0, 0.1) is 17.8 Å². The maximum atomic E-state index is 13.6. The van der Waals surface area contributed by atoms with Gasteiger partial charge in [-0.05, 0) is 63.7 Å². The lowest BCUT2D eigenvalue weighted by molar-refractivity contribution is 0.0733. The topological polar surface area (TPSA) is 103 Å². The zero-order valence-electron chi connectivity index (χ0n) is 21.0. The quantitative estimate of drug-likeness (QED) is 0.585. The second-order valence-electron chi connectivity index (χ2n) is 9.76. The fraction of sp³-hybridized carbons (Fsp3) is 0.500. The summed E-state index contributed by atoms with van der Waals surface area (Å²) in [5, 5.41) is 19.8. The van der Waals surface area contributed by atoms with E-state index in [4.69, 9.17) is 4.74 Å². The Morgan fingerprint density at radius 2 is 1.97 bits per heavy atom. The second kappa shape index (κ2) is 11.1. The molecule has 2 heterocycles. The highest BCUT2D eigenvalue weighted by atomic mass is 32.2. The van der Waals surface area contributed by atoms with Crippen molar-refractivity contribution in [1.82, 2.24) is 14.2 Å². The number of pyridine rings is 1. The zero-order valence-corrected chi connectivity index (χ0v) is 21.8. The van der Waals surface area contributed by atoms with E-state index in [1.54, 1.807) is 45.3 Å². The highest BCUT2D eigenvalue weighted by molar-refractivity contribution is 7.89. The van der Waals surface area contributed by atoms with Gasteiger partial charge in [-0.1, -0.05) is 18.8 Å². The third-order valence-corrected chi connectivity index (χ3v) is 7.89. The molecule has 1 aromatic carbocycles. The minimum absolute atomic E-state index is 0.0419. The summed E-state index contributed by atoms with van der Waals surface area (Å²) < 4.78 is 34.9. The van der Waals surface area contributed by atoms with E-state index in [1.807, 2.05) is 26.1 Å². The van der Waals surface area contributed by atoms with Gasteiger partial charge in [-0.25, -0.2) is 8.42 Å². The molecule has 0 spiro atoms. The predicted octanol–water partition coefficient (Wildman–Crippen LogP) is 2.10. The smallest absolute Gasteiger partial charge is 0.247 e. The molecule has 1 aromatic heterocycles. The van der Waals surface area contributed by atoms with E-state index in [0.717, 1.165) is 5.56 Å². The van der Waals surface area contributed by atoms with E-state index in [-0.39, 0.29) is 35.8 Å². The summed E-state index contributed by atoms with van der Waals surface area (Å²) in [4.78, 5) is 6.23. The number of rotatable bonds is 6. The van der Waals surface area contributed by atoms with Crippen LogP contribution in [0.1, 0.15) is 38.8 Å². The zero-order chi connectivity index (χ0) is 25.8. The molecule has 35 heavy (non-hydrogen) atoms. The van der Waals surface area contributed by atoms with E-state index in [2.05, 4.69) is 21.7 Å². The molecule has 1 aliphatic heterocycles. The number of aliphatic hydroxyl groups is 2. The van der Waals surface area contributed by atoms with Gasteiger partial charge in [0.1, 0.15) is 22.4 Å². The van der Waals surface area contributed by atoms with Crippen molar-refractivity contribution in [3.63, 3.8) is 0 Å². The molecule has 3 atom stereocenters. The van der Waals surface area contributed by atoms with E-state index in [0.29, 0.717) is 18.7 Å². The van der Waals surface area contributed by atoms with Crippen LogP contribution < -0.4 is 4.74 Å². The highest BCUT2D eigenvalue weighted by Crippen LogP contribution is 2.34. The molecule has 0 fully saturated rings. The van der Waals surface area contributed by atoms with Crippen molar-refractivity contribution < 1.29 is 23.4 Å². The molecule has 0 saturated carbocycles. The van der Waals surface area contributed by atoms with Crippen LogP contribution in [-0.4, -0.2) is 77.3 Å². The van der Waals surface area contributed by atoms with Crippen molar-refractivity contribution >= 4 is 10.0 Å². The largest absolute Gasteiger partial charge is 0.487 e. The van der Waals surface area contributed by atoms with Crippen LogP contribution >= 0.6 is 0 Å². The maximum Gasteiger partial charge on any atom is 0.247 e. The average molecular weight is 502 g/mol. The Morgan fingerprint density at radius 1 is 1.29 bits per heavy atom. The van der Waals surface area contributed by atoms with E-state index in [9.17, 15) is 18.6 Å². The first-order valence-electron chi connectivity index (χ1n) is 11.7. The summed E-state index contributed by atoms with van der Waals surface area (Å²) in [7, 11) is -1.92. The summed E-state index contributed by atoms with van der Waals surface area (Å²) in [5.41, 5.74) is 0.473. The number of hydrogen-bond donors (Lipinski definition) is 2. The first-order valence-corrected chi connectivity index (χ1v) is 13.1. The number of aromatic nitrogens is 1. The Morgan fingerprint density at radius 3 is 2.60 bits per heavy atom. The number of likely N-dealkylation sites (N-methyl/N-ethyl adjacent to an activating group) is 1. The highest BCUT2D eigenvalue weighted by Gasteiger charge is 2.38. The molecule has 9 heteroatoms. The van der Waals surface area contributed by atoms with Gasteiger partial charge in [-0.2, -0.15) is 4.31 Å². The lowest BCUT2D eigenvalue weighted by Crippen LogP contribution is -2.49. The third-order valence-electron chi connectivity index (χ3n) is 5.87. The number of benzene rings is 1. The van der Waals surface area contributed by atoms with Crippen molar-refractivity contribution in [2.24, 2.45) is 5.92 Å². The third kappa shape index (κ3) is 7.03. The Kier molecular flexibility index (Phi) is 8.57. The van der Waals surface area contributed by atoms with Crippen LogP contribution in [0.2, 0.25) is 0 Å². The number of nitrogens with zero attached hydrogens (tertiary/aromatic N) is 3. The standard InChI is InChI=1S/C26H35N3O5S/c1-19-15-29(20(2)18-30)35(32,33)25-7-6-21(8-11-26(3,4)31)14-23(25)34-24(19)17-28(5)16-22-9-12-27-13-10-22/h6-7,9-10,12-14,19-20,24,30-31H,15-18H2,1-5H3/t19-,20-,24-/m1/s1. The number of ether oxygens (including phenoxy) is 1. The molecule has 1 aliphatic rings. The Bertz CT molecular complexity index is 1170. The van der Waals surface area contributed by atoms with Crippen molar-refractivity contribution in [3.8, 4) is 17.6 Å². The number of hydrogen-bond acceptors (Lipinski definition) is 7. The second-order valence-corrected chi connectivity index (χ2v) is 11.6. The molecular weight excluding hydrogens is 466 g/mol.